The van der Waals surface area contributed by atoms with E-state index in [1.807, 2.05) is 0 Å². The lowest BCUT2D eigenvalue weighted by Crippen LogP contribution is -2.23. The largest absolute Gasteiger partial charge is 0.391 e. The topological polar surface area (TPSA) is 46.2 Å². The van der Waals surface area contributed by atoms with Crippen molar-refractivity contribution in [3.63, 3.8) is 0 Å². The molecule has 0 aromatic heterocycles. The zero-order valence-corrected chi connectivity index (χ0v) is 8.69. The van der Waals surface area contributed by atoms with Crippen LogP contribution in [0, 0.1) is 17.5 Å². The van der Waals surface area contributed by atoms with Crippen molar-refractivity contribution in [1.29, 1.82) is 0 Å². The summed E-state index contributed by atoms with van der Waals surface area (Å²) in [5.74, 6) is -4.15. The molecule has 2 nitrogen and oxygen atoms in total. The summed E-state index contributed by atoms with van der Waals surface area (Å²) in [5, 5.41) is 9.06. The molecule has 0 unspecified atom stereocenters. The van der Waals surface area contributed by atoms with E-state index in [0.29, 0.717) is 0 Å². The Hall–Kier alpha value is -0.780. The molecule has 0 spiro atoms. The Kier molecular flexibility index (Phi) is 5.07. The molecule has 0 amide bonds. The molecule has 1 aromatic carbocycles. The van der Waals surface area contributed by atoms with Crippen molar-refractivity contribution in [2.24, 2.45) is 5.73 Å². The quantitative estimate of drug-likeness (QED) is 0.777. The molecule has 3 N–H and O–H groups in total. The van der Waals surface area contributed by atoms with Gasteiger partial charge in [-0.2, -0.15) is 0 Å². The summed E-state index contributed by atoms with van der Waals surface area (Å²) in [6, 6.07) is 0.616. The number of nitrogens with two attached hydrogens (primary N) is 1. The van der Waals surface area contributed by atoms with Crippen LogP contribution < -0.4 is 5.73 Å². The van der Waals surface area contributed by atoms with Crippen LogP contribution in [0.4, 0.5) is 13.2 Å². The Morgan fingerprint density at radius 1 is 1.20 bits per heavy atom. The molecule has 1 rings (SSSR count). The molecule has 0 aliphatic heterocycles. The Labute approximate surface area is 91.3 Å². The lowest BCUT2D eigenvalue weighted by Gasteiger charge is -2.15. The summed E-state index contributed by atoms with van der Waals surface area (Å²) in [7, 11) is 0. The van der Waals surface area contributed by atoms with E-state index in [2.05, 4.69) is 0 Å². The second-order valence-corrected chi connectivity index (χ2v) is 3.06. The van der Waals surface area contributed by atoms with Crippen LogP contribution in [0.2, 0.25) is 0 Å². The van der Waals surface area contributed by atoms with Gasteiger partial charge in [0.05, 0.1) is 12.1 Å². The van der Waals surface area contributed by atoms with Crippen LogP contribution in [0.15, 0.2) is 12.1 Å². The number of hydrogen-bond acceptors (Lipinski definition) is 2. The molecule has 0 bridgehead atoms. The molecule has 0 saturated carbocycles. The van der Waals surface area contributed by atoms with Gasteiger partial charge in [0.25, 0.3) is 0 Å². The second-order valence-electron chi connectivity index (χ2n) is 3.06. The fourth-order valence-corrected chi connectivity index (χ4v) is 1.05. The number of rotatable bonds is 2. The predicted molar refractivity (Wildman–Crippen MR) is 52.2 cm³/mol. The summed E-state index contributed by atoms with van der Waals surface area (Å²) in [5.41, 5.74) is 5.44. The normalized spacial score (nSPS) is 14.3. The highest BCUT2D eigenvalue weighted by Gasteiger charge is 2.17. The van der Waals surface area contributed by atoms with Crippen molar-refractivity contribution < 1.29 is 18.3 Å². The summed E-state index contributed by atoms with van der Waals surface area (Å²) < 4.78 is 37.9. The fraction of sp³-hybridized carbons (Fsp3) is 0.333. The highest BCUT2D eigenvalue weighted by molar-refractivity contribution is 5.85. The average Bonchev–Trinajstić information content (AvgIpc) is 2.12. The third-order valence-electron chi connectivity index (χ3n) is 1.91. The van der Waals surface area contributed by atoms with Crippen molar-refractivity contribution in [2.75, 3.05) is 0 Å². The van der Waals surface area contributed by atoms with Crippen molar-refractivity contribution in [3.05, 3.63) is 35.1 Å². The predicted octanol–water partition coefficient (Wildman–Crippen LogP) is 1.91. The fourth-order valence-electron chi connectivity index (χ4n) is 1.05. The molecule has 0 aliphatic rings. The molecule has 2 atom stereocenters. The minimum absolute atomic E-state index is 0. The maximum Gasteiger partial charge on any atom is 0.194 e. The van der Waals surface area contributed by atoms with Crippen LogP contribution in [-0.2, 0) is 0 Å². The summed E-state index contributed by atoms with van der Waals surface area (Å²) in [4.78, 5) is 0. The van der Waals surface area contributed by atoms with Crippen LogP contribution in [0.1, 0.15) is 18.5 Å². The number of aliphatic hydroxyl groups is 1. The van der Waals surface area contributed by atoms with E-state index in [-0.39, 0.29) is 18.0 Å². The van der Waals surface area contributed by atoms with Crippen LogP contribution in [-0.4, -0.2) is 11.2 Å². The third kappa shape index (κ3) is 3.09. The first kappa shape index (κ1) is 14.2. The van der Waals surface area contributed by atoms with Gasteiger partial charge in [0.2, 0.25) is 0 Å². The molecule has 0 fully saturated rings. The highest BCUT2D eigenvalue weighted by Crippen LogP contribution is 2.19. The monoisotopic (exact) mass is 241 g/mol. The first-order chi connectivity index (χ1) is 6.43. The van der Waals surface area contributed by atoms with Gasteiger partial charge in [-0.05, 0) is 24.6 Å². The van der Waals surface area contributed by atoms with Gasteiger partial charge in [-0.25, -0.2) is 13.2 Å². The first-order valence-electron chi connectivity index (χ1n) is 4.01. The minimum atomic E-state index is -1.54. The lowest BCUT2D eigenvalue weighted by atomic mass is 10.0. The zero-order chi connectivity index (χ0) is 10.9. The minimum Gasteiger partial charge on any atom is -0.391 e. The van der Waals surface area contributed by atoms with Gasteiger partial charge in [0.1, 0.15) is 0 Å². The van der Waals surface area contributed by atoms with E-state index in [0.717, 1.165) is 12.1 Å². The smallest absolute Gasteiger partial charge is 0.194 e. The van der Waals surface area contributed by atoms with Crippen LogP contribution in [0.3, 0.4) is 0 Å². The van der Waals surface area contributed by atoms with E-state index < -0.39 is 29.6 Å². The second kappa shape index (κ2) is 5.34. The van der Waals surface area contributed by atoms with Gasteiger partial charge in [-0.3, -0.25) is 0 Å². The highest BCUT2D eigenvalue weighted by atomic mass is 35.5. The van der Waals surface area contributed by atoms with Crippen LogP contribution in [0.5, 0.6) is 0 Å². The number of halogens is 4. The van der Waals surface area contributed by atoms with Gasteiger partial charge in [-0.15, -0.1) is 12.4 Å². The van der Waals surface area contributed by atoms with E-state index >= 15 is 0 Å². The molecule has 0 saturated heterocycles. The number of aliphatic hydroxyl groups excluding tert-OH is 1. The molecular weight excluding hydrogens is 231 g/mol. The molecule has 15 heavy (non-hydrogen) atoms. The van der Waals surface area contributed by atoms with Crippen molar-refractivity contribution in [2.45, 2.75) is 19.1 Å². The standard InChI is InChI=1S/C9H10F3NO.ClH/c1-4(14)9(13)5-2-6(10)8(12)7(11)3-5;/h2-4,9,14H,13H2,1H3;1H/t4-,9+;/m1./s1. The molecule has 86 valence electrons. The molecule has 1 aromatic rings. The molecule has 0 radical (unpaired) electrons. The Morgan fingerprint density at radius 2 is 1.60 bits per heavy atom. The van der Waals surface area contributed by atoms with E-state index in [4.69, 9.17) is 10.8 Å². The maximum absolute atomic E-state index is 12.7. The Bertz CT molecular complexity index is 323. The zero-order valence-electron chi connectivity index (χ0n) is 7.88. The molecular formula is C9H11ClF3NO. The molecule has 6 heteroatoms. The van der Waals surface area contributed by atoms with E-state index in [1.165, 1.54) is 6.92 Å². The summed E-state index contributed by atoms with van der Waals surface area (Å²) in [6.07, 6.45) is -0.959. The first-order valence-corrected chi connectivity index (χ1v) is 4.01. The average molecular weight is 242 g/mol. The summed E-state index contributed by atoms with van der Waals surface area (Å²) in [6.45, 7) is 1.38. The van der Waals surface area contributed by atoms with Gasteiger partial charge in [0.15, 0.2) is 17.5 Å². The Balaban J connectivity index is 0.00000196. The van der Waals surface area contributed by atoms with Gasteiger partial charge in [0, 0.05) is 0 Å². The third-order valence-corrected chi connectivity index (χ3v) is 1.91. The SMILES string of the molecule is C[C@@H](O)[C@H](N)c1cc(F)c(F)c(F)c1.Cl. The van der Waals surface area contributed by atoms with Gasteiger partial charge >= 0.3 is 0 Å². The number of benzene rings is 1. The van der Waals surface area contributed by atoms with Crippen LogP contribution in [0.25, 0.3) is 0 Å². The van der Waals surface area contributed by atoms with Crippen molar-refractivity contribution in [1.82, 2.24) is 0 Å². The summed E-state index contributed by atoms with van der Waals surface area (Å²) >= 11 is 0. The van der Waals surface area contributed by atoms with Crippen LogP contribution >= 0.6 is 12.4 Å². The van der Waals surface area contributed by atoms with E-state index in [1.54, 1.807) is 0 Å². The maximum atomic E-state index is 12.7. The number of hydrogen-bond donors (Lipinski definition) is 2. The van der Waals surface area contributed by atoms with Crippen molar-refractivity contribution in [3.8, 4) is 0 Å². The van der Waals surface area contributed by atoms with Crippen molar-refractivity contribution >= 4 is 12.4 Å². The Morgan fingerprint density at radius 3 is 1.93 bits per heavy atom. The van der Waals surface area contributed by atoms with E-state index in [9.17, 15) is 13.2 Å². The molecule has 0 heterocycles. The molecule has 0 aliphatic carbocycles. The lowest BCUT2D eigenvalue weighted by molar-refractivity contribution is 0.164. The van der Waals surface area contributed by atoms with Gasteiger partial charge < -0.3 is 10.8 Å². The van der Waals surface area contributed by atoms with Gasteiger partial charge in [-0.1, -0.05) is 0 Å².